The van der Waals surface area contributed by atoms with Gasteiger partial charge in [-0.1, -0.05) is 12.5 Å². The number of rotatable bonds is 0. The highest BCUT2D eigenvalue weighted by Crippen LogP contribution is 2.18. The lowest BCUT2D eigenvalue weighted by Crippen LogP contribution is -1.92. The Kier molecular flexibility index (Phi) is 1.66. The van der Waals surface area contributed by atoms with E-state index in [1.807, 2.05) is 6.92 Å². The van der Waals surface area contributed by atoms with Gasteiger partial charge in [0.05, 0.1) is 11.3 Å². The van der Waals surface area contributed by atoms with Gasteiger partial charge in [-0.15, -0.1) is 6.42 Å². The van der Waals surface area contributed by atoms with E-state index >= 15 is 0 Å². The van der Waals surface area contributed by atoms with E-state index in [9.17, 15) is 0 Å². The molecular formula is C8H7N3. The number of aryl methyl sites for hydroxylation is 1. The first kappa shape index (κ1) is 7.37. The third-order valence-corrected chi connectivity index (χ3v) is 1.57. The smallest absolute Gasteiger partial charge is 0.311 e. The van der Waals surface area contributed by atoms with Gasteiger partial charge in [0, 0.05) is 7.05 Å². The Morgan fingerprint density at radius 3 is 2.73 bits per heavy atom. The highest BCUT2D eigenvalue weighted by molar-refractivity contribution is 5.56. The van der Waals surface area contributed by atoms with Gasteiger partial charge in [0.15, 0.2) is 0 Å². The molecule has 1 aromatic rings. The molecule has 0 aromatic carbocycles. The predicted molar refractivity (Wildman–Crippen MR) is 42.1 cm³/mol. The fourth-order valence-electron chi connectivity index (χ4n) is 0.838. The highest BCUT2D eigenvalue weighted by atomic mass is 15.3. The minimum atomic E-state index is 0.313. The molecule has 0 unspecified atom stereocenters. The van der Waals surface area contributed by atoms with Gasteiger partial charge in [-0.2, -0.15) is 4.68 Å². The molecule has 0 aliphatic rings. The fraction of sp³-hybridized carbons (Fsp3) is 0.250. The lowest BCUT2D eigenvalue weighted by Gasteiger charge is -1.87. The summed E-state index contributed by atoms with van der Waals surface area (Å²) in [6.07, 6.45) is 5.19. The highest BCUT2D eigenvalue weighted by Gasteiger charge is 2.10. The van der Waals surface area contributed by atoms with Crippen LogP contribution >= 0.6 is 0 Å². The molecule has 3 heteroatoms. The average Bonchev–Trinajstić information content (AvgIpc) is 2.28. The van der Waals surface area contributed by atoms with Gasteiger partial charge in [0.2, 0.25) is 0 Å². The lowest BCUT2D eigenvalue weighted by atomic mass is 10.2. The first-order valence-corrected chi connectivity index (χ1v) is 3.08. The summed E-state index contributed by atoms with van der Waals surface area (Å²) in [6.45, 7) is 8.60. The maximum absolute atomic E-state index is 6.75. The van der Waals surface area contributed by atoms with Crippen LogP contribution < -0.4 is 0 Å². The number of terminal acetylenes is 1. The Balaban J connectivity index is 3.45. The summed E-state index contributed by atoms with van der Waals surface area (Å²) in [5.74, 6) is 2.75. The van der Waals surface area contributed by atoms with Crippen LogP contribution in [0, 0.1) is 25.8 Å². The number of hydrogen-bond acceptors (Lipinski definition) is 1. The standard InChI is InChI=1S/C8H7N3/c1-5-7-6(2)11(4)10-8(7)9-3/h1H,2,4H3. The molecule has 0 radical (unpaired) electrons. The summed E-state index contributed by atoms with van der Waals surface area (Å²) >= 11 is 0. The molecule has 0 N–H and O–H groups in total. The molecule has 1 aromatic heterocycles. The molecule has 1 rings (SSSR count). The monoisotopic (exact) mass is 145 g/mol. The van der Waals surface area contributed by atoms with Crippen molar-refractivity contribution < 1.29 is 0 Å². The third kappa shape index (κ3) is 0.971. The second kappa shape index (κ2) is 2.48. The van der Waals surface area contributed by atoms with E-state index in [-0.39, 0.29) is 0 Å². The molecule has 0 bridgehead atoms. The zero-order valence-electron chi connectivity index (χ0n) is 6.42. The van der Waals surface area contributed by atoms with Crippen LogP contribution in [0.25, 0.3) is 4.85 Å². The summed E-state index contributed by atoms with van der Waals surface area (Å²) in [5, 5.41) is 3.92. The predicted octanol–water partition coefficient (Wildman–Crippen LogP) is 1.26. The van der Waals surface area contributed by atoms with E-state index in [1.165, 1.54) is 0 Å². The summed E-state index contributed by atoms with van der Waals surface area (Å²) in [7, 11) is 1.77. The average molecular weight is 145 g/mol. The second-order valence-electron chi connectivity index (χ2n) is 2.16. The zero-order valence-corrected chi connectivity index (χ0v) is 6.42. The summed E-state index contributed by atoms with van der Waals surface area (Å²) in [4.78, 5) is 3.20. The molecule has 0 spiro atoms. The molecule has 0 atom stereocenters. The first-order chi connectivity index (χ1) is 5.20. The van der Waals surface area contributed by atoms with Crippen LogP contribution in [0.2, 0.25) is 0 Å². The molecule has 1 heterocycles. The van der Waals surface area contributed by atoms with E-state index in [0.29, 0.717) is 11.4 Å². The summed E-state index contributed by atoms with van der Waals surface area (Å²) in [5.41, 5.74) is 1.46. The van der Waals surface area contributed by atoms with E-state index in [1.54, 1.807) is 11.7 Å². The maximum atomic E-state index is 6.75. The van der Waals surface area contributed by atoms with Gasteiger partial charge in [-0.25, -0.2) is 0 Å². The normalized spacial score (nSPS) is 8.73. The Hall–Kier alpha value is -1.74. The fourth-order valence-corrected chi connectivity index (χ4v) is 0.838. The van der Waals surface area contributed by atoms with Crippen molar-refractivity contribution in [1.29, 1.82) is 0 Å². The zero-order chi connectivity index (χ0) is 8.43. The third-order valence-electron chi connectivity index (χ3n) is 1.57. The van der Waals surface area contributed by atoms with E-state index in [0.717, 1.165) is 5.69 Å². The van der Waals surface area contributed by atoms with Crippen LogP contribution in [-0.4, -0.2) is 9.78 Å². The van der Waals surface area contributed by atoms with E-state index in [2.05, 4.69) is 15.9 Å². The molecule has 54 valence electrons. The van der Waals surface area contributed by atoms with Gasteiger partial charge in [0.1, 0.15) is 0 Å². The van der Waals surface area contributed by atoms with Crippen molar-refractivity contribution in [2.75, 3.05) is 0 Å². The van der Waals surface area contributed by atoms with Crippen molar-refractivity contribution in [2.45, 2.75) is 6.92 Å². The topological polar surface area (TPSA) is 22.2 Å². The molecular weight excluding hydrogens is 138 g/mol. The largest absolute Gasteiger partial charge is 0.358 e. The van der Waals surface area contributed by atoms with Crippen molar-refractivity contribution in [1.82, 2.24) is 9.78 Å². The van der Waals surface area contributed by atoms with Gasteiger partial charge in [-0.3, -0.25) is 0 Å². The van der Waals surface area contributed by atoms with Crippen molar-refractivity contribution in [3.8, 4) is 12.3 Å². The second-order valence-corrected chi connectivity index (χ2v) is 2.16. The van der Waals surface area contributed by atoms with Crippen LogP contribution in [0.3, 0.4) is 0 Å². The molecule has 0 saturated heterocycles. The summed E-state index contributed by atoms with van der Waals surface area (Å²) < 4.78 is 1.61. The number of nitrogens with zero attached hydrogens (tertiary/aromatic N) is 3. The van der Waals surface area contributed by atoms with Crippen molar-refractivity contribution in [3.63, 3.8) is 0 Å². The van der Waals surface area contributed by atoms with Gasteiger partial charge in [-0.05, 0) is 12.0 Å². The number of aromatic nitrogens is 2. The van der Waals surface area contributed by atoms with E-state index in [4.69, 9.17) is 13.0 Å². The maximum Gasteiger partial charge on any atom is 0.311 e. The molecule has 0 saturated carbocycles. The Bertz CT molecular complexity index is 360. The molecule has 3 nitrogen and oxygen atoms in total. The molecule has 0 aliphatic carbocycles. The molecule has 0 fully saturated rings. The van der Waals surface area contributed by atoms with Crippen LogP contribution in [-0.2, 0) is 7.05 Å². The first-order valence-electron chi connectivity index (χ1n) is 3.08. The van der Waals surface area contributed by atoms with Crippen molar-refractivity contribution >= 4 is 5.82 Å². The molecule has 11 heavy (non-hydrogen) atoms. The van der Waals surface area contributed by atoms with Crippen LogP contribution in [0.5, 0.6) is 0 Å². The van der Waals surface area contributed by atoms with Gasteiger partial charge < -0.3 is 4.85 Å². The quantitative estimate of drug-likeness (QED) is 0.398. The van der Waals surface area contributed by atoms with Crippen molar-refractivity contribution in [3.05, 3.63) is 22.7 Å². The Labute approximate surface area is 65.5 Å². The minimum Gasteiger partial charge on any atom is -0.358 e. The van der Waals surface area contributed by atoms with Crippen LogP contribution in [0.1, 0.15) is 11.3 Å². The number of hydrogen-bond donors (Lipinski definition) is 0. The van der Waals surface area contributed by atoms with Crippen molar-refractivity contribution in [2.24, 2.45) is 7.05 Å². The molecule has 0 amide bonds. The van der Waals surface area contributed by atoms with E-state index < -0.39 is 0 Å². The van der Waals surface area contributed by atoms with Gasteiger partial charge >= 0.3 is 5.82 Å². The van der Waals surface area contributed by atoms with Crippen LogP contribution in [0.4, 0.5) is 5.82 Å². The SMILES string of the molecule is [C-]#[N+]c1nn(C)c(C)c1C#C. The lowest BCUT2D eigenvalue weighted by molar-refractivity contribution is 0.744. The minimum absolute atomic E-state index is 0.313. The summed E-state index contributed by atoms with van der Waals surface area (Å²) in [6, 6.07) is 0. The molecule has 0 aliphatic heterocycles. The Morgan fingerprint density at radius 1 is 1.73 bits per heavy atom. The Morgan fingerprint density at radius 2 is 2.36 bits per heavy atom. The van der Waals surface area contributed by atoms with Crippen LogP contribution in [0.15, 0.2) is 0 Å². The van der Waals surface area contributed by atoms with Gasteiger partial charge in [0.25, 0.3) is 0 Å².